The van der Waals surface area contributed by atoms with Gasteiger partial charge in [-0.15, -0.1) is 0 Å². The van der Waals surface area contributed by atoms with Gasteiger partial charge in [-0.2, -0.15) is 0 Å². The Morgan fingerprint density at radius 2 is 0.435 bits per heavy atom. The Morgan fingerprint density at radius 3 is 0.661 bits per heavy atom. The maximum absolute atomic E-state index is 6.92. The highest BCUT2D eigenvalue weighted by Gasteiger charge is 2.23. The molecule has 350 valence electrons. The van der Waals surface area contributed by atoms with Crippen LogP contribution in [0.25, 0.3) is 22.3 Å². The number of hydrogen-bond donors (Lipinski definition) is 0. The summed E-state index contributed by atoms with van der Waals surface area (Å²) in [6, 6.07) is 13.2. The summed E-state index contributed by atoms with van der Waals surface area (Å²) in [7, 11) is 0. The third kappa shape index (κ3) is 19.5. The van der Waals surface area contributed by atoms with Crippen molar-refractivity contribution in [2.75, 3.05) is 39.6 Å². The lowest BCUT2D eigenvalue weighted by Gasteiger charge is -2.23. The molecule has 3 aromatic rings. The smallest absolute Gasteiger partial charge is 0.128 e. The van der Waals surface area contributed by atoms with E-state index in [1.165, 1.54) is 89.9 Å². The second kappa shape index (κ2) is 33.0. The molecule has 0 atom stereocenters. The Labute approximate surface area is 380 Å². The minimum atomic E-state index is 0.629. The van der Waals surface area contributed by atoms with Gasteiger partial charge >= 0.3 is 0 Å². The Hall–Kier alpha value is -3.54. The van der Waals surface area contributed by atoms with Crippen LogP contribution in [0.5, 0.6) is 34.5 Å². The Balaban J connectivity index is 2.29. The summed E-state index contributed by atoms with van der Waals surface area (Å²) < 4.78 is 40.4. The lowest BCUT2D eigenvalue weighted by Crippen LogP contribution is -2.06. The summed E-state index contributed by atoms with van der Waals surface area (Å²) in [5.74, 6) is 5.15. The molecule has 0 aliphatic heterocycles. The zero-order valence-corrected chi connectivity index (χ0v) is 41.1. The van der Waals surface area contributed by atoms with E-state index >= 15 is 0 Å². The van der Waals surface area contributed by atoms with Gasteiger partial charge in [0, 0.05) is 22.3 Å². The van der Waals surface area contributed by atoms with E-state index in [1.807, 2.05) is 0 Å². The van der Waals surface area contributed by atoms with Crippen molar-refractivity contribution in [3.8, 4) is 56.8 Å². The molecule has 0 radical (unpaired) electrons. The van der Waals surface area contributed by atoms with Crippen LogP contribution in [0.2, 0.25) is 0 Å². The SMILES string of the molecule is CCCCCCOc1cc(-c2cc(OCCCCCC)c(-c3cc(OCCCCCC)c(C)cc3OCCCCCC)cc2OCCCCCC)c(OCCCCCC)cc1C. The minimum absolute atomic E-state index is 0.629. The summed E-state index contributed by atoms with van der Waals surface area (Å²) in [6.45, 7) is 21.8. The number of hydrogen-bond acceptors (Lipinski definition) is 6. The highest BCUT2D eigenvalue weighted by Crippen LogP contribution is 2.48. The first-order valence-corrected chi connectivity index (χ1v) is 25.7. The molecule has 0 bridgehead atoms. The maximum atomic E-state index is 6.92. The summed E-state index contributed by atoms with van der Waals surface area (Å²) in [4.78, 5) is 0. The lowest BCUT2D eigenvalue weighted by atomic mass is 9.95. The molecule has 0 N–H and O–H groups in total. The van der Waals surface area contributed by atoms with E-state index < -0.39 is 0 Å². The molecular formula is C56H90O6. The summed E-state index contributed by atoms with van der Waals surface area (Å²) in [5.41, 5.74) is 6.06. The van der Waals surface area contributed by atoms with E-state index in [0.717, 1.165) is 132 Å². The van der Waals surface area contributed by atoms with Crippen molar-refractivity contribution in [3.63, 3.8) is 0 Å². The van der Waals surface area contributed by atoms with E-state index in [-0.39, 0.29) is 0 Å². The van der Waals surface area contributed by atoms with Gasteiger partial charge in [0.15, 0.2) is 0 Å². The first-order chi connectivity index (χ1) is 30.4. The van der Waals surface area contributed by atoms with Crippen LogP contribution in [0.1, 0.15) is 207 Å². The van der Waals surface area contributed by atoms with Crippen LogP contribution >= 0.6 is 0 Å². The molecule has 0 saturated carbocycles. The molecule has 0 unspecified atom stereocenters. The topological polar surface area (TPSA) is 55.4 Å². The summed E-state index contributed by atoms with van der Waals surface area (Å²) in [5, 5.41) is 0. The standard InChI is InChI=1S/C56H90O6/c1-9-15-21-27-33-57-51-41-47(53(39-45(51)7)59-35-29-23-17-11-3)49-43-56(62-38-32-26-20-14-6)50(44-55(49)61-37-31-25-19-13-5)48-42-52(58-34-28-22-16-10-2)46(8)40-54(48)60-36-30-24-18-12-4/h39-44H,9-38H2,1-8H3. The van der Waals surface area contributed by atoms with Crippen molar-refractivity contribution in [3.05, 3.63) is 47.5 Å². The van der Waals surface area contributed by atoms with E-state index in [2.05, 4.69) is 91.8 Å². The van der Waals surface area contributed by atoms with Gasteiger partial charge in [0.2, 0.25) is 0 Å². The molecule has 3 rings (SSSR count). The van der Waals surface area contributed by atoms with Gasteiger partial charge in [-0.3, -0.25) is 0 Å². The molecule has 0 aliphatic rings. The van der Waals surface area contributed by atoms with Gasteiger partial charge in [0.1, 0.15) is 34.5 Å². The van der Waals surface area contributed by atoms with Crippen LogP contribution in [0.4, 0.5) is 0 Å². The Kier molecular flexibility index (Phi) is 28.1. The maximum Gasteiger partial charge on any atom is 0.128 e. The Bertz CT molecular complexity index is 1500. The van der Waals surface area contributed by atoms with Crippen LogP contribution < -0.4 is 28.4 Å². The molecule has 62 heavy (non-hydrogen) atoms. The van der Waals surface area contributed by atoms with Crippen molar-refractivity contribution >= 4 is 0 Å². The predicted octanol–water partition coefficient (Wildman–Crippen LogP) is 17.4. The highest BCUT2D eigenvalue weighted by atomic mass is 16.5. The molecule has 6 nitrogen and oxygen atoms in total. The zero-order valence-electron chi connectivity index (χ0n) is 41.1. The second-order valence-corrected chi connectivity index (χ2v) is 17.5. The van der Waals surface area contributed by atoms with Gasteiger partial charge in [0.05, 0.1) is 39.6 Å². The number of rotatable bonds is 38. The number of unbranched alkanes of at least 4 members (excludes halogenated alkanes) is 18. The van der Waals surface area contributed by atoms with Crippen molar-refractivity contribution in [2.45, 2.75) is 209 Å². The number of ether oxygens (including phenoxy) is 6. The molecule has 0 heterocycles. The van der Waals surface area contributed by atoms with E-state index in [0.29, 0.717) is 39.6 Å². The molecule has 0 saturated heterocycles. The van der Waals surface area contributed by atoms with Gasteiger partial charge in [-0.1, -0.05) is 157 Å². The van der Waals surface area contributed by atoms with Crippen molar-refractivity contribution in [2.24, 2.45) is 0 Å². The van der Waals surface area contributed by atoms with Crippen LogP contribution in [0.3, 0.4) is 0 Å². The molecular weight excluding hydrogens is 769 g/mol. The first kappa shape index (κ1) is 52.8. The third-order valence-corrected chi connectivity index (χ3v) is 11.7. The highest BCUT2D eigenvalue weighted by molar-refractivity contribution is 5.86. The quantitative estimate of drug-likeness (QED) is 0.0535. The molecule has 0 aromatic heterocycles. The van der Waals surface area contributed by atoms with Crippen LogP contribution in [0.15, 0.2) is 36.4 Å². The molecule has 0 amide bonds. The van der Waals surface area contributed by atoms with Crippen molar-refractivity contribution in [1.29, 1.82) is 0 Å². The van der Waals surface area contributed by atoms with E-state index in [4.69, 9.17) is 28.4 Å². The average Bonchev–Trinajstić information content (AvgIpc) is 3.27. The number of aryl methyl sites for hydroxylation is 2. The normalized spacial score (nSPS) is 11.2. The number of benzene rings is 3. The minimum Gasteiger partial charge on any atom is -0.493 e. The fourth-order valence-electron chi connectivity index (χ4n) is 7.78. The fourth-order valence-corrected chi connectivity index (χ4v) is 7.78. The molecule has 0 fully saturated rings. The van der Waals surface area contributed by atoms with Gasteiger partial charge in [0.25, 0.3) is 0 Å². The second-order valence-electron chi connectivity index (χ2n) is 17.5. The van der Waals surface area contributed by atoms with Gasteiger partial charge in [-0.25, -0.2) is 0 Å². The third-order valence-electron chi connectivity index (χ3n) is 11.7. The van der Waals surface area contributed by atoms with Gasteiger partial charge < -0.3 is 28.4 Å². The van der Waals surface area contributed by atoms with E-state index in [9.17, 15) is 0 Å². The van der Waals surface area contributed by atoms with Crippen LogP contribution in [0, 0.1) is 13.8 Å². The fraction of sp³-hybridized carbons (Fsp3) is 0.679. The Morgan fingerprint density at radius 1 is 0.242 bits per heavy atom. The largest absolute Gasteiger partial charge is 0.493 e. The summed E-state index contributed by atoms with van der Waals surface area (Å²) >= 11 is 0. The van der Waals surface area contributed by atoms with Gasteiger partial charge in [-0.05, 0) is 99.9 Å². The van der Waals surface area contributed by atoms with E-state index in [1.54, 1.807) is 0 Å². The first-order valence-electron chi connectivity index (χ1n) is 25.7. The lowest BCUT2D eigenvalue weighted by molar-refractivity contribution is 0.292. The molecule has 6 heteroatoms. The molecule has 0 aliphatic carbocycles. The predicted molar refractivity (Wildman–Crippen MR) is 265 cm³/mol. The zero-order chi connectivity index (χ0) is 44.6. The average molecular weight is 859 g/mol. The van der Waals surface area contributed by atoms with Crippen LogP contribution in [-0.2, 0) is 0 Å². The monoisotopic (exact) mass is 859 g/mol. The van der Waals surface area contributed by atoms with Crippen LogP contribution in [-0.4, -0.2) is 39.6 Å². The summed E-state index contributed by atoms with van der Waals surface area (Å²) in [6.07, 6.45) is 27.5. The molecule has 3 aromatic carbocycles. The van der Waals surface area contributed by atoms with Crippen molar-refractivity contribution < 1.29 is 28.4 Å². The van der Waals surface area contributed by atoms with Crippen molar-refractivity contribution in [1.82, 2.24) is 0 Å². The molecule has 0 spiro atoms.